The summed E-state index contributed by atoms with van der Waals surface area (Å²) < 4.78 is 46.7. The van der Waals surface area contributed by atoms with Crippen molar-refractivity contribution in [1.29, 1.82) is 0 Å². The molecule has 2 saturated heterocycles. The fourth-order valence-corrected chi connectivity index (χ4v) is 5.60. The zero-order chi connectivity index (χ0) is 25.9. The number of rotatable bonds is 9. The van der Waals surface area contributed by atoms with Gasteiger partial charge in [0, 0.05) is 38.9 Å². The summed E-state index contributed by atoms with van der Waals surface area (Å²) in [6, 6.07) is 12.7. The van der Waals surface area contributed by atoms with Gasteiger partial charge < -0.3 is 19.1 Å². The molecule has 2 aliphatic heterocycles. The molecule has 196 valence electrons. The topological polar surface area (TPSA) is 97.4 Å². The molecule has 36 heavy (non-hydrogen) atoms. The van der Waals surface area contributed by atoms with E-state index in [2.05, 4.69) is 4.72 Å². The van der Waals surface area contributed by atoms with Crippen LogP contribution >= 0.6 is 0 Å². The Morgan fingerprint density at radius 1 is 1.17 bits per heavy atom. The molecule has 0 aliphatic carbocycles. The lowest BCUT2D eigenvalue weighted by atomic mass is 10.0. The number of nitrogens with zero attached hydrogens (tertiary/aromatic N) is 2. The summed E-state index contributed by atoms with van der Waals surface area (Å²) in [6.45, 7) is 6.31. The summed E-state index contributed by atoms with van der Waals surface area (Å²) in [5.74, 6) is 0.639. The largest absolute Gasteiger partial charge is 0.486 e. The maximum Gasteiger partial charge on any atom is 0.301 e. The quantitative estimate of drug-likeness (QED) is 0.550. The number of nitrogens with one attached hydrogen (secondary N) is 1. The Labute approximate surface area is 213 Å². The highest BCUT2D eigenvalue weighted by atomic mass is 32.2. The second-order valence-electron chi connectivity index (χ2n) is 9.60. The van der Waals surface area contributed by atoms with Crippen LogP contribution in [0.2, 0.25) is 0 Å². The van der Waals surface area contributed by atoms with Gasteiger partial charge in [-0.3, -0.25) is 9.52 Å². The highest BCUT2D eigenvalue weighted by molar-refractivity contribution is 7.90. The molecular weight excluding hydrogens is 482 g/mol. The van der Waals surface area contributed by atoms with E-state index in [9.17, 15) is 13.2 Å². The maximum atomic E-state index is 13.2. The smallest absolute Gasteiger partial charge is 0.301 e. The molecule has 2 aromatic carbocycles. The van der Waals surface area contributed by atoms with E-state index in [0.29, 0.717) is 49.8 Å². The first-order valence-corrected chi connectivity index (χ1v) is 13.6. The third-order valence-corrected chi connectivity index (χ3v) is 8.21. The average Bonchev–Trinajstić information content (AvgIpc) is 3.50. The van der Waals surface area contributed by atoms with Crippen molar-refractivity contribution in [3.8, 4) is 5.75 Å². The zero-order valence-corrected chi connectivity index (χ0v) is 22.1. The fraction of sp³-hybridized carbons (Fsp3) is 0.500. The van der Waals surface area contributed by atoms with E-state index in [4.69, 9.17) is 14.2 Å². The van der Waals surface area contributed by atoms with Gasteiger partial charge in [0.25, 0.3) is 5.91 Å². The lowest BCUT2D eigenvalue weighted by molar-refractivity contribution is 0.0340. The van der Waals surface area contributed by atoms with Gasteiger partial charge in [0.2, 0.25) is 0 Å². The van der Waals surface area contributed by atoms with Crippen LogP contribution in [-0.2, 0) is 19.7 Å². The minimum Gasteiger partial charge on any atom is -0.486 e. The molecule has 1 N–H and O–H groups in total. The molecule has 0 saturated carbocycles. The highest BCUT2D eigenvalue weighted by Gasteiger charge is 2.38. The summed E-state index contributed by atoms with van der Waals surface area (Å²) >= 11 is 0. The number of hydrogen-bond donors (Lipinski definition) is 1. The van der Waals surface area contributed by atoms with Gasteiger partial charge in [0.05, 0.1) is 25.4 Å². The lowest BCUT2D eigenvalue weighted by Crippen LogP contribution is -2.36. The summed E-state index contributed by atoms with van der Waals surface area (Å²) in [4.78, 5) is 14.9. The monoisotopic (exact) mass is 517 g/mol. The van der Waals surface area contributed by atoms with Gasteiger partial charge >= 0.3 is 10.2 Å². The Bertz CT molecular complexity index is 1180. The van der Waals surface area contributed by atoms with Gasteiger partial charge in [0.15, 0.2) is 0 Å². The van der Waals surface area contributed by atoms with E-state index in [1.165, 1.54) is 4.31 Å². The number of carbonyl (C=O) groups excluding carboxylic acids is 1. The van der Waals surface area contributed by atoms with Crippen LogP contribution in [0, 0.1) is 19.8 Å². The standard InChI is InChI=1S/C26H35N3O6S/c1-18-8-9-19(2)23(12-18)26(30)29-15-24(33-4)25(16-29)35-22-7-5-6-21(13-22)27-36(31,32)28(3)14-20-10-11-34-17-20/h5-9,12-13,20,24-25,27H,10-11,14-17H2,1-4H3/t20?,24-,25-/m1/s1. The number of benzene rings is 2. The number of hydrogen-bond acceptors (Lipinski definition) is 6. The number of likely N-dealkylation sites (tertiary alicyclic amines) is 1. The number of amides is 1. The maximum absolute atomic E-state index is 13.2. The van der Waals surface area contributed by atoms with Crippen molar-refractivity contribution in [1.82, 2.24) is 9.21 Å². The van der Waals surface area contributed by atoms with Crippen LogP contribution in [0.15, 0.2) is 42.5 Å². The van der Waals surface area contributed by atoms with Crippen LogP contribution < -0.4 is 9.46 Å². The van der Waals surface area contributed by atoms with E-state index < -0.39 is 10.2 Å². The molecule has 2 heterocycles. The molecule has 0 aromatic heterocycles. The molecule has 0 radical (unpaired) electrons. The molecule has 4 rings (SSSR count). The summed E-state index contributed by atoms with van der Waals surface area (Å²) in [7, 11) is -0.564. The molecular formula is C26H35N3O6S. The van der Waals surface area contributed by atoms with Gasteiger partial charge in [-0.1, -0.05) is 23.8 Å². The number of carbonyl (C=O) groups is 1. The van der Waals surface area contributed by atoms with E-state index >= 15 is 0 Å². The third kappa shape index (κ3) is 6.18. The first kappa shape index (κ1) is 26.4. The molecule has 2 aliphatic rings. The zero-order valence-electron chi connectivity index (χ0n) is 21.3. The van der Waals surface area contributed by atoms with Crippen LogP contribution in [0.3, 0.4) is 0 Å². The first-order valence-electron chi connectivity index (χ1n) is 12.1. The second kappa shape index (κ2) is 11.2. The Morgan fingerprint density at radius 3 is 2.67 bits per heavy atom. The normalized spacial score (nSPS) is 22.2. The molecule has 1 amide bonds. The minimum absolute atomic E-state index is 0.0541. The van der Waals surface area contributed by atoms with E-state index in [1.54, 1.807) is 43.3 Å². The van der Waals surface area contributed by atoms with Crippen molar-refractivity contribution in [2.75, 3.05) is 51.7 Å². The van der Waals surface area contributed by atoms with Gasteiger partial charge in [-0.2, -0.15) is 12.7 Å². The van der Waals surface area contributed by atoms with Crippen LogP contribution in [-0.4, -0.2) is 82.7 Å². The molecule has 2 aromatic rings. The van der Waals surface area contributed by atoms with Crippen LogP contribution in [0.25, 0.3) is 0 Å². The van der Waals surface area contributed by atoms with Crippen molar-refractivity contribution < 1.29 is 27.4 Å². The van der Waals surface area contributed by atoms with Crippen molar-refractivity contribution in [3.63, 3.8) is 0 Å². The van der Waals surface area contributed by atoms with Crippen LogP contribution in [0.5, 0.6) is 5.75 Å². The van der Waals surface area contributed by atoms with Crippen molar-refractivity contribution >= 4 is 21.8 Å². The van der Waals surface area contributed by atoms with E-state index in [1.807, 2.05) is 32.0 Å². The van der Waals surface area contributed by atoms with E-state index in [-0.39, 0.29) is 24.0 Å². The average molecular weight is 518 g/mol. The minimum atomic E-state index is -3.72. The number of ether oxygens (including phenoxy) is 3. The Morgan fingerprint density at radius 2 is 1.94 bits per heavy atom. The lowest BCUT2D eigenvalue weighted by Gasteiger charge is -2.22. The number of aryl methyl sites for hydroxylation is 2. The third-order valence-electron chi connectivity index (χ3n) is 6.75. The van der Waals surface area contributed by atoms with Gasteiger partial charge in [-0.25, -0.2) is 0 Å². The molecule has 3 atom stereocenters. The van der Waals surface area contributed by atoms with Gasteiger partial charge in [-0.05, 0) is 49.9 Å². The van der Waals surface area contributed by atoms with Crippen molar-refractivity contribution in [2.45, 2.75) is 32.5 Å². The van der Waals surface area contributed by atoms with Crippen molar-refractivity contribution in [3.05, 3.63) is 59.2 Å². The highest BCUT2D eigenvalue weighted by Crippen LogP contribution is 2.26. The van der Waals surface area contributed by atoms with Crippen LogP contribution in [0.1, 0.15) is 27.9 Å². The predicted octanol–water partition coefficient (Wildman–Crippen LogP) is 2.85. The summed E-state index contributed by atoms with van der Waals surface area (Å²) in [5.41, 5.74) is 3.03. The van der Waals surface area contributed by atoms with Crippen LogP contribution in [0.4, 0.5) is 5.69 Å². The fourth-order valence-electron chi connectivity index (χ4n) is 4.61. The Kier molecular flexibility index (Phi) is 8.19. The molecule has 0 bridgehead atoms. The summed E-state index contributed by atoms with van der Waals surface area (Å²) in [6.07, 6.45) is 0.161. The molecule has 10 heteroatoms. The second-order valence-corrected chi connectivity index (χ2v) is 11.4. The molecule has 2 fully saturated rings. The first-order chi connectivity index (χ1) is 17.2. The Balaban J connectivity index is 1.41. The van der Waals surface area contributed by atoms with E-state index in [0.717, 1.165) is 17.5 Å². The van der Waals surface area contributed by atoms with Gasteiger partial charge in [0.1, 0.15) is 18.0 Å². The summed E-state index contributed by atoms with van der Waals surface area (Å²) in [5, 5.41) is 0. The predicted molar refractivity (Wildman–Crippen MR) is 138 cm³/mol. The number of anilines is 1. The number of methoxy groups -OCH3 is 1. The van der Waals surface area contributed by atoms with Crippen molar-refractivity contribution in [2.24, 2.45) is 5.92 Å². The van der Waals surface area contributed by atoms with Gasteiger partial charge in [-0.15, -0.1) is 0 Å². The molecule has 1 unspecified atom stereocenters. The molecule has 9 nitrogen and oxygen atoms in total. The Hall–Kier alpha value is -2.66. The molecule has 0 spiro atoms. The SMILES string of the molecule is CO[C@@H]1CN(C(=O)c2cc(C)ccc2C)C[C@H]1Oc1cccc(NS(=O)(=O)N(C)CC2CCOC2)c1.